The van der Waals surface area contributed by atoms with Gasteiger partial charge in [-0.3, -0.25) is 0 Å². The molecule has 0 bridgehead atoms. The van der Waals surface area contributed by atoms with Gasteiger partial charge in [-0.1, -0.05) is 26.2 Å². The summed E-state index contributed by atoms with van der Waals surface area (Å²) in [4.78, 5) is 4.31. The van der Waals surface area contributed by atoms with Crippen LogP contribution in [-0.4, -0.2) is 11.5 Å². The van der Waals surface area contributed by atoms with Gasteiger partial charge in [-0.25, -0.2) is 4.98 Å². The molecule has 1 unspecified atom stereocenters. The Kier molecular flexibility index (Phi) is 4.23. The molecule has 0 spiro atoms. The molecule has 0 amide bonds. The molecule has 3 heteroatoms. The first-order valence-corrected chi connectivity index (χ1v) is 7.16. The normalized spacial score (nSPS) is 24.8. The summed E-state index contributed by atoms with van der Waals surface area (Å²) in [5.41, 5.74) is 8.73. The van der Waals surface area contributed by atoms with Crippen LogP contribution in [0.3, 0.4) is 0 Å². The van der Waals surface area contributed by atoms with E-state index in [4.69, 9.17) is 5.73 Å². The van der Waals surface area contributed by atoms with Crippen LogP contribution in [0.5, 0.6) is 0 Å². The summed E-state index contributed by atoms with van der Waals surface area (Å²) in [5, 5.41) is 3.77. The van der Waals surface area contributed by atoms with E-state index in [0.717, 1.165) is 13.0 Å². The van der Waals surface area contributed by atoms with Gasteiger partial charge in [-0.2, -0.15) is 0 Å². The molecule has 0 aromatic carbocycles. The average molecular weight is 247 g/mol. The SMILES string of the molecule is CCCC1(c2c(C)ccnc2N)CCCCCN1. The number of nitrogens with zero attached hydrogens (tertiary/aromatic N) is 1. The van der Waals surface area contributed by atoms with Crippen molar-refractivity contribution in [3.05, 3.63) is 23.4 Å². The van der Waals surface area contributed by atoms with Crippen LogP contribution >= 0.6 is 0 Å². The number of anilines is 1. The largest absolute Gasteiger partial charge is 0.383 e. The molecule has 2 heterocycles. The minimum atomic E-state index is 0.0493. The van der Waals surface area contributed by atoms with Crippen LogP contribution in [0.15, 0.2) is 12.3 Å². The molecule has 1 atom stereocenters. The minimum absolute atomic E-state index is 0.0493. The van der Waals surface area contributed by atoms with Crippen molar-refractivity contribution >= 4 is 5.82 Å². The molecule has 18 heavy (non-hydrogen) atoms. The zero-order valence-electron chi connectivity index (χ0n) is 11.6. The van der Waals surface area contributed by atoms with Crippen LogP contribution in [0.1, 0.15) is 56.6 Å². The molecule has 0 saturated carbocycles. The lowest BCUT2D eigenvalue weighted by Gasteiger charge is -2.36. The lowest BCUT2D eigenvalue weighted by atomic mass is 9.80. The maximum absolute atomic E-state index is 6.17. The topological polar surface area (TPSA) is 50.9 Å². The third kappa shape index (κ3) is 2.51. The molecular formula is C15H25N3. The van der Waals surface area contributed by atoms with Gasteiger partial charge in [0.25, 0.3) is 0 Å². The minimum Gasteiger partial charge on any atom is -0.383 e. The molecule has 0 aliphatic carbocycles. The quantitative estimate of drug-likeness (QED) is 0.862. The molecule has 0 radical (unpaired) electrons. The van der Waals surface area contributed by atoms with Crippen LogP contribution in [0.4, 0.5) is 5.82 Å². The Morgan fingerprint density at radius 2 is 2.22 bits per heavy atom. The predicted molar refractivity (Wildman–Crippen MR) is 76.4 cm³/mol. The number of hydrogen-bond donors (Lipinski definition) is 2. The summed E-state index contributed by atoms with van der Waals surface area (Å²) in [7, 11) is 0. The lowest BCUT2D eigenvalue weighted by molar-refractivity contribution is 0.296. The van der Waals surface area contributed by atoms with Crippen molar-refractivity contribution in [2.45, 2.75) is 57.9 Å². The number of hydrogen-bond acceptors (Lipinski definition) is 3. The van der Waals surface area contributed by atoms with Crippen LogP contribution in [0.25, 0.3) is 0 Å². The molecule has 1 aliphatic heterocycles. The number of nitrogens with one attached hydrogen (secondary N) is 1. The smallest absolute Gasteiger partial charge is 0.128 e. The van der Waals surface area contributed by atoms with Gasteiger partial charge in [0, 0.05) is 17.3 Å². The van der Waals surface area contributed by atoms with E-state index in [2.05, 4.69) is 30.2 Å². The summed E-state index contributed by atoms with van der Waals surface area (Å²) in [6.07, 6.45) is 9.16. The van der Waals surface area contributed by atoms with Gasteiger partial charge in [-0.15, -0.1) is 0 Å². The van der Waals surface area contributed by atoms with Crippen molar-refractivity contribution in [3.63, 3.8) is 0 Å². The molecule has 1 aromatic rings. The molecule has 1 aromatic heterocycles. The van der Waals surface area contributed by atoms with E-state index in [1.807, 2.05) is 6.20 Å². The number of pyridine rings is 1. The monoisotopic (exact) mass is 247 g/mol. The summed E-state index contributed by atoms with van der Waals surface area (Å²) >= 11 is 0. The number of rotatable bonds is 3. The van der Waals surface area contributed by atoms with Gasteiger partial charge in [0.05, 0.1) is 0 Å². The van der Waals surface area contributed by atoms with Gasteiger partial charge in [0.2, 0.25) is 0 Å². The van der Waals surface area contributed by atoms with Crippen molar-refractivity contribution in [1.82, 2.24) is 10.3 Å². The Morgan fingerprint density at radius 3 is 2.94 bits per heavy atom. The summed E-state index contributed by atoms with van der Waals surface area (Å²) in [6, 6.07) is 2.08. The highest BCUT2D eigenvalue weighted by molar-refractivity contribution is 5.49. The van der Waals surface area contributed by atoms with Crippen molar-refractivity contribution in [1.29, 1.82) is 0 Å². The van der Waals surface area contributed by atoms with Crippen LogP contribution < -0.4 is 11.1 Å². The van der Waals surface area contributed by atoms with Crippen molar-refractivity contribution in [3.8, 4) is 0 Å². The Hall–Kier alpha value is -1.09. The van der Waals surface area contributed by atoms with E-state index in [9.17, 15) is 0 Å². The van der Waals surface area contributed by atoms with Crippen molar-refractivity contribution < 1.29 is 0 Å². The van der Waals surface area contributed by atoms with Gasteiger partial charge >= 0.3 is 0 Å². The van der Waals surface area contributed by atoms with Crippen LogP contribution in [-0.2, 0) is 5.54 Å². The lowest BCUT2D eigenvalue weighted by Crippen LogP contribution is -2.43. The number of nitrogen functional groups attached to an aromatic ring is 1. The first kappa shape index (κ1) is 13.3. The number of nitrogens with two attached hydrogens (primary N) is 1. The molecular weight excluding hydrogens is 222 g/mol. The maximum Gasteiger partial charge on any atom is 0.128 e. The highest BCUT2D eigenvalue weighted by Gasteiger charge is 2.34. The molecule has 1 aliphatic rings. The average Bonchev–Trinajstić information content (AvgIpc) is 2.56. The van der Waals surface area contributed by atoms with E-state index in [1.165, 1.54) is 43.2 Å². The predicted octanol–water partition coefficient (Wildman–Crippen LogP) is 3.13. The zero-order valence-corrected chi connectivity index (χ0v) is 11.6. The standard InChI is InChI=1S/C15H25N3/c1-3-8-15(9-5-4-6-10-18-15)13-12(2)7-11-17-14(13)16/h7,11,18H,3-6,8-10H2,1-2H3,(H2,16,17). The van der Waals surface area contributed by atoms with E-state index in [-0.39, 0.29) is 5.54 Å². The van der Waals surface area contributed by atoms with Crippen molar-refractivity contribution in [2.24, 2.45) is 0 Å². The molecule has 2 rings (SSSR count). The summed E-state index contributed by atoms with van der Waals surface area (Å²) in [6.45, 7) is 5.49. The molecule has 3 N–H and O–H groups in total. The van der Waals surface area contributed by atoms with Crippen LogP contribution in [0.2, 0.25) is 0 Å². The van der Waals surface area contributed by atoms with Crippen LogP contribution in [0, 0.1) is 6.92 Å². The van der Waals surface area contributed by atoms with Gasteiger partial charge in [-0.05, 0) is 44.4 Å². The second-order valence-corrected chi connectivity index (χ2v) is 5.46. The third-order valence-electron chi connectivity index (χ3n) is 4.09. The fourth-order valence-corrected chi connectivity index (χ4v) is 3.33. The number of aryl methyl sites for hydroxylation is 1. The van der Waals surface area contributed by atoms with Crippen molar-refractivity contribution in [2.75, 3.05) is 12.3 Å². The second-order valence-electron chi connectivity index (χ2n) is 5.46. The third-order valence-corrected chi connectivity index (χ3v) is 4.09. The maximum atomic E-state index is 6.17. The second kappa shape index (κ2) is 5.70. The Bertz CT molecular complexity index is 372. The summed E-state index contributed by atoms with van der Waals surface area (Å²) < 4.78 is 0. The van der Waals surface area contributed by atoms with E-state index in [0.29, 0.717) is 5.82 Å². The molecule has 1 saturated heterocycles. The fraction of sp³-hybridized carbons (Fsp3) is 0.667. The molecule has 3 nitrogen and oxygen atoms in total. The van der Waals surface area contributed by atoms with E-state index in [1.54, 1.807) is 0 Å². The van der Waals surface area contributed by atoms with Gasteiger partial charge in [0.15, 0.2) is 0 Å². The Balaban J connectivity index is 2.45. The molecule has 100 valence electrons. The highest BCUT2D eigenvalue weighted by Crippen LogP contribution is 2.38. The van der Waals surface area contributed by atoms with Gasteiger partial charge in [0.1, 0.15) is 5.82 Å². The number of aromatic nitrogens is 1. The highest BCUT2D eigenvalue weighted by atomic mass is 15.0. The summed E-state index contributed by atoms with van der Waals surface area (Å²) in [5.74, 6) is 0.706. The van der Waals surface area contributed by atoms with Gasteiger partial charge < -0.3 is 11.1 Å². The molecule has 1 fully saturated rings. The van der Waals surface area contributed by atoms with E-state index < -0.39 is 0 Å². The first-order valence-electron chi connectivity index (χ1n) is 7.16. The fourth-order valence-electron chi connectivity index (χ4n) is 3.33. The Labute approximate surface area is 110 Å². The zero-order chi connectivity index (χ0) is 13.0. The Morgan fingerprint density at radius 1 is 1.39 bits per heavy atom. The van der Waals surface area contributed by atoms with E-state index >= 15 is 0 Å². The first-order chi connectivity index (χ1) is 8.69.